The Balaban J connectivity index is 3.61. The van der Waals surface area contributed by atoms with Crippen LogP contribution in [0, 0.1) is 0 Å². The third kappa shape index (κ3) is 7.28. The molecule has 3 N–H and O–H groups in total. The average Bonchev–Trinajstić information content (AvgIpc) is 2.09. The monoisotopic (exact) mass is 286 g/mol. The van der Waals surface area contributed by atoms with E-state index in [9.17, 15) is 13.2 Å². The number of primary sulfonamides is 1. The van der Waals surface area contributed by atoms with E-state index in [-0.39, 0.29) is 16.5 Å². The number of hydrogen-bond donors (Lipinski definition) is 2. The highest BCUT2D eigenvalue weighted by atomic mass is 79.9. The van der Waals surface area contributed by atoms with E-state index < -0.39 is 10.0 Å². The van der Waals surface area contributed by atoms with E-state index in [1.807, 2.05) is 6.92 Å². The van der Waals surface area contributed by atoms with Crippen LogP contribution in [-0.2, 0) is 14.8 Å². The van der Waals surface area contributed by atoms with E-state index in [0.717, 1.165) is 0 Å². The highest BCUT2D eigenvalue weighted by molar-refractivity contribution is 9.10. The van der Waals surface area contributed by atoms with Gasteiger partial charge in [0.05, 0.1) is 10.6 Å². The minimum Gasteiger partial charge on any atom is -0.355 e. The molecule has 0 aliphatic rings. The number of sulfonamides is 1. The van der Waals surface area contributed by atoms with E-state index in [0.29, 0.717) is 19.4 Å². The van der Waals surface area contributed by atoms with Gasteiger partial charge in [0.15, 0.2) is 0 Å². The summed E-state index contributed by atoms with van der Waals surface area (Å²) in [6.07, 6.45) is 1.04. The number of amides is 1. The van der Waals surface area contributed by atoms with Crippen molar-refractivity contribution < 1.29 is 13.2 Å². The molecule has 1 amide bonds. The zero-order valence-corrected chi connectivity index (χ0v) is 10.4. The zero-order chi connectivity index (χ0) is 11.2. The number of nitrogens with two attached hydrogens (primary N) is 1. The molecule has 7 heteroatoms. The van der Waals surface area contributed by atoms with Crippen molar-refractivity contribution in [1.29, 1.82) is 0 Å². The second kappa shape index (κ2) is 6.36. The van der Waals surface area contributed by atoms with Crippen molar-refractivity contribution in [3.8, 4) is 0 Å². The molecule has 0 aliphatic heterocycles. The van der Waals surface area contributed by atoms with Crippen LogP contribution in [0.5, 0.6) is 0 Å². The highest BCUT2D eigenvalue weighted by Gasteiger charge is 2.11. The van der Waals surface area contributed by atoms with Gasteiger partial charge in [0.2, 0.25) is 15.9 Å². The molecule has 0 heterocycles. The maximum Gasteiger partial charge on any atom is 0.233 e. The summed E-state index contributed by atoms with van der Waals surface area (Å²) in [7, 11) is -3.41. The summed E-state index contributed by atoms with van der Waals surface area (Å²) in [5, 5.41) is 7.39. The lowest BCUT2D eigenvalue weighted by molar-refractivity contribution is -0.120. The molecule has 0 spiro atoms. The summed E-state index contributed by atoms with van der Waals surface area (Å²) in [4.78, 5) is 10.9. The van der Waals surface area contributed by atoms with Gasteiger partial charge in [-0.15, -0.1) is 0 Å². The summed E-state index contributed by atoms with van der Waals surface area (Å²) in [5.41, 5.74) is 0. The number of alkyl halides is 1. The van der Waals surface area contributed by atoms with Crippen LogP contribution in [0.3, 0.4) is 0 Å². The molecule has 0 fully saturated rings. The van der Waals surface area contributed by atoms with E-state index in [1.165, 1.54) is 0 Å². The molecule has 0 saturated heterocycles. The average molecular weight is 287 g/mol. The predicted molar refractivity (Wildman–Crippen MR) is 58.6 cm³/mol. The van der Waals surface area contributed by atoms with Crippen molar-refractivity contribution in [2.45, 2.75) is 24.6 Å². The lowest BCUT2D eigenvalue weighted by Crippen LogP contribution is -2.32. The Bertz CT molecular complexity index is 279. The van der Waals surface area contributed by atoms with E-state index in [2.05, 4.69) is 21.2 Å². The standard InChI is InChI=1S/C7H15BrN2O3S/c1-2-6(8)7(11)10-4-3-5-14(9,12)13/h6H,2-5H2,1H3,(H,10,11)(H2,9,12,13). The topological polar surface area (TPSA) is 89.3 Å². The van der Waals surface area contributed by atoms with Gasteiger partial charge < -0.3 is 5.32 Å². The van der Waals surface area contributed by atoms with E-state index in [1.54, 1.807) is 0 Å². The van der Waals surface area contributed by atoms with Crippen molar-refractivity contribution in [1.82, 2.24) is 5.32 Å². The first-order valence-corrected chi connectivity index (χ1v) is 6.92. The molecular formula is C7H15BrN2O3S. The smallest absolute Gasteiger partial charge is 0.233 e. The molecule has 0 aliphatic carbocycles. The van der Waals surface area contributed by atoms with Gasteiger partial charge in [-0.25, -0.2) is 13.6 Å². The SMILES string of the molecule is CCC(Br)C(=O)NCCCS(N)(=O)=O. The van der Waals surface area contributed by atoms with Crippen LogP contribution >= 0.6 is 15.9 Å². The highest BCUT2D eigenvalue weighted by Crippen LogP contribution is 2.03. The van der Waals surface area contributed by atoms with Crippen LogP contribution in [0.4, 0.5) is 0 Å². The van der Waals surface area contributed by atoms with E-state index >= 15 is 0 Å². The van der Waals surface area contributed by atoms with Crippen LogP contribution < -0.4 is 10.5 Å². The van der Waals surface area contributed by atoms with Gasteiger partial charge in [0, 0.05) is 6.54 Å². The van der Waals surface area contributed by atoms with Gasteiger partial charge in [-0.1, -0.05) is 22.9 Å². The number of halogens is 1. The maximum atomic E-state index is 11.2. The lowest BCUT2D eigenvalue weighted by Gasteiger charge is -2.07. The maximum absolute atomic E-state index is 11.2. The lowest BCUT2D eigenvalue weighted by atomic mass is 10.3. The number of carbonyl (C=O) groups is 1. The Labute approximate surface area is 92.6 Å². The second-order valence-electron chi connectivity index (χ2n) is 2.89. The molecule has 0 rings (SSSR count). The van der Waals surface area contributed by atoms with Gasteiger partial charge in [0.1, 0.15) is 0 Å². The van der Waals surface area contributed by atoms with Gasteiger partial charge in [-0.2, -0.15) is 0 Å². The number of carbonyl (C=O) groups excluding carboxylic acids is 1. The summed E-state index contributed by atoms with van der Waals surface area (Å²) in [6.45, 7) is 2.21. The van der Waals surface area contributed by atoms with Crippen LogP contribution in [0.15, 0.2) is 0 Å². The Morgan fingerprint density at radius 2 is 2.14 bits per heavy atom. The number of hydrogen-bond acceptors (Lipinski definition) is 3. The minimum atomic E-state index is -3.41. The predicted octanol–water partition coefficient (Wildman–Crippen LogP) is -0.0453. The van der Waals surface area contributed by atoms with Crippen molar-refractivity contribution in [3.63, 3.8) is 0 Å². The molecule has 0 aromatic rings. The summed E-state index contributed by atoms with van der Waals surface area (Å²) in [5.74, 6) is -0.228. The van der Waals surface area contributed by atoms with Crippen molar-refractivity contribution in [2.75, 3.05) is 12.3 Å². The Hall–Kier alpha value is -0.140. The first-order chi connectivity index (χ1) is 6.37. The molecule has 14 heavy (non-hydrogen) atoms. The summed E-state index contributed by atoms with van der Waals surface area (Å²) < 4.78 is 21.0. The molecular weight excluding hydrogens is 272 g/mol. The largest absolute Gasteiger partial charge is 0.355 e. The second-order valence-corrected chi connectivity index (χ2v) is 5.73. The molecule has 1 atom stereocenters. The van der Waals surface area contributed by atoms with Crippen molar-refractivity contribution in [2.24, 2.45) is 5.14 Å². The van der Waals surface area contributed by atoms with E-state index in [4.69, 9.17) is 5.14 Å². The Morgan fingerprint density at radius 3 is 2.57 bits per heavy atom. The van der Waals surface area contributed by atoms with Crippen molar-refractivity contribution >= 4 is 31.9 Å². The Kier molecular flexibility index (Phi) is 6.30. The Morgan fingerprint density at radius 1 is 1.57 bits per heavy atom. The normalized spacial score (nSPS) is 13.6. The van der Waals surface area contributed by atoms with Gasteiger partial charge >= 0.3 is 0 Å². The van der Waals surface area contributed by atoms with Gasteiger partial charge in [-0.3, -0.25) is 4.79 Å². The molecule has 0 radical (unpaired) electrons. The quantitative estimate of drug-likeness (QED) is 0.530. The molecule has 0 aromatic carbocycles. The van der Waals surface area contributed by atoms with Gasteiger partial charge in [0.25, 0.3) is 0 Å². The molecule has 1 unspecified atom stereocenters. The summed E-state index contributed by atoms with van der Waals surface area (Å²) >= 11 is 3.18. The molecule has 0 aromatic heterocycles. The molecule has 0 bridgehead atoms. The van der Waals surface area contributed by atoms with Crippen LogP contribution in [0.25, 0.3) is 0 Å². The third-order valence-corrected chi connectivity index (χ3v) is 3.47. The van der Waals surface area contributed by atoms with Crippen LogP contribution in [0.1, 0.15) is 19.8 Å². The number of rotatable bonds is 6. The fraction of sp³-hybridized carbons (Fsp3) is 0.857. The third-order valence-electron chi connectivity index (χ3n) is 1.55. The molecule has 5 nitrogen and oxygen atoms in total. The van der Waals surface area contributed by atoms with Crippen molar-refractivity contribution in [3.05, 3.63) is 0 Å². The zero-order valence-electron chi connectivity index (χ0n) is 7.99. The fourth-order valence-corrected chi connectivity index (χ4v) is 1.49. The fourth-order valence-electron chi connectivity index (χ4n) is 0.781. The number of nitrogens with one attached hydrogen (secondary N) is 1. The summed E-state index contributed by atoms with van der Waals surface area (Å²) in [6, 6.07) is 0. The van der Waals surface area contributed by atoms with Crippen LogP contribution in [0.2, 0.25) is 0 Å². The molecule has 84 valence electrons. The molecule has 0 saturated carbocycles. The van der Waals surface area contributed by atoms with Crippen LogP contribution in [-0.4, -0.2) is 31.4 Å². The first kappa shape index (κ1) is 13.9. The van der Waals surface area contributed by atoms with Gasteiger partial charge in [-0.05, 0) is 12.8 Å². The first-order valence-electron chi connectivity index (χ1n) is 4.29. The minimum absolute atomic E-state index is 0.105.